The van der Waals surface area contributed by atoms with Crippen LogP contribution in [-0.2, 0) is 0 Å². The fourth-order valence-corrected chi connectivity index (χ4v) is 2.16. The van der Waals surface area contributed by atoms with Gasteiger partial charge in [0.25, 0.3) is 0 Å². The van der Waals surface area contributed by atoms with E-state index in [1.807, 2.05) is 11.8 Å². The van der Waals surface area contributed by atoms with Gasteiger partial charge < -0.3 is 0 Å². The van der Waals surface area contributed by atoms with Gasteiger partial charge in [-0.2, -0.15) is 0 Å². The number of hydrogen-bond donors (Lipinski definition) is 0. The molecule has 0 aliphatic rings. The zero-order valence-electron chi connectivity index (χ0n) is 9.16. The van der Waals surface area contributed by atoms with Crippen LogP contribution in [0.3, 0.4) is 0 Å². The van der Waals surface area contributed by atoms with Gasteiger partial charge in [-0.1, -0.05) is 51.1 Å². The van der Waals surface area contributed by atoms with Gasteiger partial charge >= 0.3 is 0 Å². The molecule has 0 atom stereocenters. The van der Waals surface area contributed by atoms with Crippen LogP contribution in [0.15, 0.2) is 35.2 Å². The van der Waals surface area contributed by atoms with Crippen molar-refractivity contribution >= 4 is 17.8 Å². The Balaban J connectivity index is 2.85. The molecule has 1 rings (SSSR count). The molecule has 0 bridgehead atoms. The van der Waals surface area contributed by atoms with Gasteiger partial charge in [-0.3, -0.25) is 0 Å². The predicted molar refractivity (Wildman–Crippen MR) is 66.8 cm³/mol. The summed E-state index contributed by atoms with van der Waals surface area (Å²) >= 11 is 1.92. The first-order valence-corrected chi connectivity index (χ1v) is 6.04. The van der Waals surface area contributed by atoms with E-state index in [2.05, 4.69) is 57.2 Å². The van der Waals surface area contributed by atoms with Crippen molar-refractivity contribution in [2.24, 2.45) is 0 Å². The maximum absolute atomic E-state index is 2.23. The molecule has 0 spiro atoms. The molecule has 0 fully saturated rings. The van der Waals surface area contributed by atoms with Crippen LogP contribution in [-0.4, -0.2) is 5.25 Å². The monoisotopic (exact) mass is 206 g/mol. The van der Waals surface area contributed by atoms with Crippen LogP contribution in [0.5, 0.6) is 0 Å². The van der Waals surface area contributed by atoms with Crippen LogP contribution >= 0.6 is 11.8 Å². The van der Waals surface area contributed by atoms with Crippen molar-refractivity contribution in [2.75, 3.05) is 0 Å². The molecule has 0 aliphatic carbocycles. The van der Waals surface area contributed by atoms with E-state index in [9.17, 15) is 0 Å². The Hall–Kier alpha value is -0.690. The van der Waals surface area contributed by atoms with Crippen LogP contribution in [0.4, 0.5) is 0 Å². The largest absolute Gasteiger partial charge is 0.123 e. The van der Waals surface area contributed by atoms with E-state index in [0.29, 0.717) is 5.25 Å². The van der Waals surface area contributed by atoms with Crippen molar-refractivity contribution in [2.45, 2.75) is 37.3 Å². The highest BCUT2D eigenvalue weighted by atomic mass is 32.2. The van der Waals surface area contributed by atoms with Crippen molar-refractivity contribution in [3.05, 3.63) is 35.9 Å². The lowest BCUT2D eigenvalue weighted by molar-refractivity contribution is 1.11. The molecule has 76 valence electrons. The minimum Gasteiger partial charge on any atom is -0.123 e. The van der Waals surface area contributed by atoms with E-state index in [1.165, 1.54) is 10.5 Å². The van der Waals surface area contributed by atoms with E-state index in [-0.39, 0.29) is 0 Å². The molecular formula is C13H18S. The van der Waals surface area contributed by atoms with Crippen molar-refractivity contribution in [1.82, 2.24) is 0 Å². The second-order valence-corrected chi connectivity index (χ2v) is 5.13. The molecule has 0 nitrogen and oxygen atoms in total. The first-order chi connectivity index (χ1) is 6.74. The zero-order chi connectivity index (χ0) is 10.4. The predicted octanol–water partition coefficient (Wildman–Crippen LogP) is 4.61. The quantitative estimate of drug-likeness (QED) is 0.648. The summed E-state index contributed by atoms with van der Waals surface area (Å²) in [5.74, 6) is 0. The number of hydrogen-bond acceptors (Lipinski definition) is 1. The molecule has 0 aromatic heterocycles. The summed E-state index contributed by atoms with van der Waals surface area (Å²) in [6.45, 7) is 6.62. The summed E-state index contributed by atoms with van der Waals surface area (Å²) in [7, 11) is 0. The van der Waals surface area contributed by atoms with Crippen molar-refractivity contribution < 1.29 is 0 Å². The lowest BCUT2D eigenvalue weighted by Crippen LogP contribution is -1.87. The van der Waals surface area contributed by atoms with Crippen LogP contribution in [0, 0.1) is 0 Å². The molecule has 1 heteroatoms. The highest BCUT2D eigenvalue weighted by Gasteiger charge is 2.01. The Labute approximate surface area is 91.4 Å². The maximum Gasteiger partial charge on any atom is 0.0147 e. The third-order valence-electron chi connectivity index (χ3n) is 1.81. The molecule has 0 saturated heterocycles. The van der Waals surface area contributed by atoms with Crippen LogP contribution < -0.4 is 0 Å². The Morgan fingerprint density at radius 3 is 2.64 bits per heavy atom. The zero-order valence-corrected chi connectivity index (χ0v) is 9.97. The lowest BCUT2D eigenvalue weighted by Gasteiger charge is -2.07. The smallest absolute Gasteiger partial charge is 0.0147 e. The van der Waals surface area contributed by atoms with E-state index >= 15 is 0 Å². The normalized spacial score (nSPS) is 11.4. The SMILES string of the molecule is CC/C=C/c1ccccc1SC(C)C. The molecule has 0 saturated carbocycles. The minimum absolute atomic E-state index is 0.645. The maximum atomic E-state index is 2.23. The minimum atomic E-state index is 0.645. The fourth-order valence-electron chi connectivity index (χ4n) is 1.22. The molecule has 0 amide bonds. The Morgan fingerprint density at radius 1 is 1.29 bits per heavy atom. The summed E-state index contributed by atoms with van der Waals surface area (Å²) < 4.78 is 0. The molecule has 0 heterocycles. The van der Waals surface area contributed by atoms with Crippen molar-refractivity contribution in [3.63, 3.8) is 0 Å². The molecule has 0 radical (unpaired) electrons. The molecule has 1 aromatic rings. The summed E-state index contributed by atoms with van der Waals surface area (Å²) in [5.41, 5.74) is 1.34. The molecule has 0 unspecified atom stereocenters. The standard InChI is InChI=1S/C13H18S/c1-4-5-8-12-9-6-7-10-13(12)14-11(2)3/h5-11H,4H2,1-3H3/b8-5+. The van der Waals surface area contributed by atoms with Gasteiger partial charge in [0.05, 0.1) is 0 Å². The fraction of sp³-hybridized carbons (Fsp3) is 0.385. The van der Waals surface area contributed by atoms with Crippen molar-refractivity contribution in [3.8, 4) is 0 Å². The number of thioether (sulfide) groups is 1. The topological polar surface area (TPSA) is 0 Å². The van der Waals surface area contributed by atoms with Crippen LogP contribution in [0.25, 0.3) is 6.08 Å². The molecule has 0 aliphatic heterocycles. The number of benzene rings is 1. The number of rotatable bonds is 4. The third kappa shape index (κ3) is 3.59. The van der Waals surface area contributed by atoms with Gasteiger partial charge in [0.15, 0.2) is 0 Å². The van der Waals surface area contributed by atoms with E-state index in [1.54, 1.807) is 0 Å². The Bertz CT molecular complexity index is 300. The van der Waals surface area contributed by atoms with Crippen LogP contribution in [0.1, 0.15) is 32.8 Å². The molecule has 0 N–H and O–H groups in total. The average Bonchev–Trinajstić information content (AvgIpc) is 2.16. The van der Waals surface area contributed by atoms with Gasteiger partial charge in [-0.05, 0) is 18.1 Å². The Kier molecular flexibility index (Phi) is 4.81. The first kappa shape index (κ1) is 11.4. The summed E-state index contributed by atoms with van der Waals surface area (Å²) in [5, 5.41) is 0.645. The van der Waals surface area contributed by atoms with Gasteiger partial charge in [0.1, 0.15) is 0 Å². The van der Waals surface area contributed by atoms with E-state index in [4.69, 9.17) is 0 Å². The van der Waals surface area contributed by atoms with E-state index < -0.39 is 0 Å². The highest BCUT2D eigenvalue weighted by molar-refractivity contribution is 8.00. The second-order valence-electron chi connectivity index (χ2n) is 3.52. The van der Waals surface area contributed by atoms with Gasteiger partial charge in [0.2, 0.25) is 0 Å². The van der Waals surface area contributed by atoms with Crippen molar-refractivity contribution in [1.29, 1.82) is 0 Å². The van der Waals surface area contributed by atoms with Gasteiger partial charge in [0, 0.05) is 10.1 Å². The Morgan fingerprint density at radius 2 is 2.00 bits per heavy atom. The highest BCUT2D eigenvalue weighted by Crippen LogP contribution is 2.27. The van der Waals surface area contributed by atoms with Gasteiger partial charge in [-0.25, -0.2) is 0 Å². The third-order valence-corrected chi connectivity index (χ3v) is 2.91. The van der Waals surface area contributed by atoms with Crippen LogP contribution in [0.2, 0.25) is 0 Å². The van der Waals surface area contributed by atoms with E-state index in [0.717, 1.165) is 6.42 Å². The van der Waals surface area contributed by atoms with Gasteiger partial charge in [-0.15, -0.1) is 11.8 Å². The molecule has 14 heavy (non-hydrogen) atoms. The second kappa shape index (κ2) is 5.92. The lowest BCUT2D eigenvalue weighted by atomic mass is 10.2. The summed E-state index contributed by atoms with van der Waals surface area (Å²) in [6, 6.07) is 8.57. The average molecular weight is 206 g/mol. The first-order valence-electron chi connectivity index (χ1n) is 5.16. The number of allylic oxidation sites excluding steroid dienone is 1. The summed E-state index contributed by atoms with van der Waals surface area (Å²) in [4.78, 5) is 1.38. The molecular weight excluding hydrogens is 188 g/mol. The molecule has 1 aromatic carbocycles. The summed E-state index contributed by atoms with van der Waals surface area (Å²) in [6.07, 6.45) is 5.52.